The number of aryl methyl sites for hydroxylation is 4. The first kappa shape index (κ1) is 20.6. The monoisotopic (exact) mass is 411 g/mol. The van der Waals surface area contributed by atoms with Crippen LogP contribution in [0.1, 0.15) is 39.4 Å². The van der Waals surface area contributed by atoms with E-state index in [-0.39, 0.29) is 11.3 Å². The molecule has 1 N–H and O–H groups in total. The van der Waals surface area contributed by atoms with Crippen molar-refractivity contribution < 1.29 is 14.7 Å². The Morgan fingerprint density at radius 1 is 0.774 bits per heavy atom. The Bertz CT molecular complexity index is 1240. The third-order valence-electron chi connectivity index (χ3n) is 6.08. The fourth-order valence-corrected chi connectivity index (χ4v) is 4.15. The van der Waals surface area contributed by atoms with Gasteiger partial charge >= 0.3 is 0 Å². The van der Waals surface area contributed by atoms with Crippen LogP contribution in [0.4, 0.5) is 5.69 Å². The average molecular weight is 412 g/mol. The lowest BCUT2D eigenvalue weighted by molar-refractivity contribution is -0.132. The summed E-state index contributed by atoms with van der Waals surface area (Å²) < 4.78 is 0. The molecule has 1 saturated heterocycles. The van der Waals surface area contributed by atoms with E-state index in [4.69, 9.17) is 0 Å². The largest absolute Gasteiger partial charge is 0.507 e. The van der Waals surface area contributed by atoms with Crippen molar-refractivity contribution in [2.45, 2.75) is 33.7 Å². The molecule has 0 radical (unpaired) electrons. The van der Waals surface area contributed by atoms with E-state index in [9.17, 15) is 14.7 Å². The number of rotatable bonds is 3. The Morgan fingerprint density at radius 2 is 1.42 bits per heavy atom. The summed E-state index contributed by atoms with van der Waals surface area (Å²) in [6.45, 7) is 7.80. The Morgan fingerprint density at radius 3 is 2.06 bits per heavy atom. The number of aliphatic hydroxyl groups is 1. The van der Waals surface area contributed by atoms with Crippen LogP contribution in [0.2, 0.25) is 0 Å². The van der Waals surface area contributed by atoms with Crippen LogP contribution in [0.3, 0.4) is 0 Å². The number of hydrogen-bond donors (Lipinski definition) is 1. The average Bonchev–Trinajstić information content (AvgIpc) is 3.01. The molecule has 0 spiro atoms. The normalized spacial score (nSPS) is 17.9. The molecule has 0 aliphatic carbocycles. The summed E-state index contributed by atoms with van der Waals surface area (Å²) in [6.07, 6.45) is 0. The predicted octanol–water partition coefficient (Wildman–Crippen LogP) is 5.55. The maximum absolute atomic E-state index is 13.3. The molecule has 31 heavy (non-hydrogen) atoms. The molecule has 1 aliphatic heterocycles. The third kappa shape index (κ3) is 3.44. The Kier molecular flexibility index (Phi) is 5.24. The van der Waals surface area contributed by atoms with E-state index in [1.807, 2.05) is 88.4 Å². The highest BCUT2D eigenvalue weighted by molar-refractivity contribution is 6.51. The van der Waals surface area contributed by atoms with Crippen molar-refractivity contribution in [2.75, 3.05) is 4.90 Å². The summed E-state index contributed by atoms with van der Waals surface area (Å²) in [4.78, 5) is 28.0. The molecule has 0 bridgehead atoms. The van der Waals surface area contributed by atoms with Crippen LogP contribution in [0.25, 0.3) is 5.76 Å². The van der Waals surface area contributed by atoms with E-state index in [2.05, 4.69) is 0 Å². The molecule has 4 heteroatoms. The van der Waals surface area contributed by atoms with Crippen molar-refractivity contribution in [2.24, 2.45) is 0 Å². The van der Waals surface area contributed by atoms with Crippen LogP contribution in [0.5, 0.6) is 0 Å². The van der Waals surface area contributed by atoms with Crippen molar-refractivity contribution in [1.29, 1.82) is 0 Å². The van der Waals surface area contributed by atoms with E-state index in [1.54, 1.807) is 6.07 Å². The highest BCUT2D eigenvalue weighted by atomic mass is 16.3. The standard InChI is InChI=1S/C27H25NO3/c1-16-13-14-20(15-19(16)4)25(29)23-24(21-11-7-5-9-17(21)2)28(27(31)26(23)30)22-12-8-6-10-18(22)3/h5-15,24,29H,1-4H3/b25-23+. The first-order valence-corrected chi connectivity index (χ1v) is 10.3. The van der Waals surface area contributed by atoms with E-state index >= 15 is 0 Å². The number of carbonyl (C=O) groups is 2. The van der Waals surface area contributed by atoms with Crippen LogP contribution in [-0.4, -0.2) is 16.8 Å². The number of ketones is 1. The van der Waals surface area contributed by atoms with Gasteiger partial charge in [-0.3, -0.25) is 14.5 Å². The SMILES string of the molecule is Cc1ccc(/C(O)=C2\C(=O)C(=O)N(c3ccccc3C)C2c2ccccc2C)cc1C. The maximum atomic E-state index is 13.3. The smallest absolute Gasteiger partial charge is 0.300 e. The van der Waals surface area contributed by atoms with Crippen molar-refractivity contribution in [3.63, 3.8) is 0 Å². The van der Waals surface area contributed by atoms with Gasteiger partial charge in [0.2, 0.25) is 0 Å². The summed E-state index contributed by atoms with van der Waals surface area (Å²) in [5, 5.41) is 11.3. The predicted molar refractivity (Wildman–Crippen MR) is 123 cm³/mol. The molecule has 1 atom stereocenters. The van der Waals surface area contributed by atoms with Gasteiger partial charge < -0.3 is 5.11 Å². The number of carbonyl (C=O) groups excluding carboxylic acids is 2. The molecule has 1 fully saturated rings. The fraction of sp³-hybridized carbons (Fsp3) is 0.185. The number of aliphatic hydroxyl groups excluding tert-OH is 1. The van der Waals surface area contributed by atoms with Crippen LogP contribution >= 0.6 is 0 Å². The maximum Gasteiger partial charge on any atom is 0.300 e. The van der Waals surface area contributed by atoms with Gasteiger partial charge in [0.05, 0.1) is 11.6 Å². The van der Waals surface area contributed by atoms with Crippen LogP contribution in [-0.2, 0) is 9.59 Å². The number of anilines is 1. The highest BCUT2D eigenvalue weighted by Gasteiger charge is 2.47. The first-order chi connectivity index (χ1) is 14.8. The zero-order valence-corrected chi connectivity index (χ0v) is 18.1. The van der Waals surface area contributed by atoms with E-state index in [1.165, 1.54) is 4.90 Å². The molecule has 1 heterocycles. The van der Waals surface area contributed by atoms with Crippen LogP contribution < -0.4 is 4.90 Å². The second-order valence-corrected chi connectivity index (χ2v) is 8.11. The lowest BCUT2D eigenvalue weighted by atomic mass is 9.91. The lowest BCUT2D eigenvalue weighted by Gasteiger charge is -2.27. The van der Waals surface area contributed by atoms with E-state index < -0.39 is 17.7 Å². The molecule has 0 aromatic heterocycles. The number of Topliss-reactive ketones (excluding diaryl/α,β-unsaturated/α-hetero) is 1. The van der Waals surface area contributed by atoms with Gasteiger partial charge in [0.1, 0.15) is 5.76 Å². The molecule has 3 aromatic rings. The minimum Gasteiger partial charge on any atom is -0.507 e. The molecule has 1 amide bonds. The van der Waals surface area contributed by atoms with Crippen molar-refractivity contribution >= 4 is 23.1 Å². The summed E-state index contributed by atoms with van der Waals surface area (Å²) >= 11 is 0. The van der Waals surface area contributed by atoms with Gasteiger partial charge in [0, 0.05) is 11.3 Å². The van der Waals surface area contributed by atoms with Crippen molar-refractivity contribution in [1.82, 2.24) is 0 Å². The van der Waals surface area contributed by atoms with Crippen molar-refractivity contribution in [3.8, 4) is 0 Å². The van der Waals surface area contributed by atoms with Gasteiger partial charge in [-0.25, -0.2) is 0 Å². The molecule has 3 aromatic carbocycles. The third-order valence-corrected chi connectivity index (χ3v) is 6.08. The molecule has 1 unspecified atom stereocenters. The van der Waals surface area contributed by atoms with Gasteiger partial charge in [-0.15, -0.1) is 0 Å². The molecule has 1 aliphatic rings. The molecule has 156 valence electrons. The van der Waals surface area contributed by atoms with E-state index in [0.29, 0.717) is 11.3 Å². The topological polar surface area (TPSA) is 57.6 Å². The summed E-state index contributed by atoms with van der Waals surface area (Å²) in [7, 11) is 0. The number of nitrogens with zero attached hydrogens (tertiary/aromatic N) is 1. The molecular weight excluding hydrogens is 386 g/mol. The van der Waals surface area contributed by atoms with Gasteiger partial charge in [-0.2, -0.15) is 0 Å². The quantitative estimate of drug-likeness (QED) is 0.349. The number of hydrogen-bond acceptors (Lipinski definition) is 3. The highest BCUT2D eigenvalue weighted by Crippen LogP contribution is 2.43. The zero-order valence-electron chi connectivity index (χ0n) is 18.1. The minimum absolute atomic E-state index is 0.116. The second-order valence-electron chi connectivity index (χ2n) is 8.11. The van der Waals surface area contributed by atoms with Crippen molar-refractivity contribution in [3.05, 3.63) is 106 Å². The van der Waals surface area contributed by atoms with Gasteiger partial charge in [-0.05, 0) is 67.6 Å². The molecule has 4 rings (SSSR count). The molecule has 4 nitrogen and oxygen atoms in total. The summed E-state index contributed by atoms with van der Waals surface area (Å²) in [5.74, 6) is -1.45. The number of amides is 1. The second kappa shape index (κ2) is 7.88. The first-order valence-electron chi connectivity index (χ1n) is 10.3. The van der Waals surface area contributed by atoms with Gasteiger partial charge in [0.15, 0.2) is 0 Å². The summed E-state index contributed by atoms with van der Waals surface area (Å²) in [6, 6.07) is 20.0. The number of benzene rings is 3. The fourth-order valence-electron chi connectivity index (χ4n) is 4.15. The number of para-hydroxylation sites is 1. The zero-order chi connectivity index (χ0) is 22.3. The Hall–Kier alpha value is -3.66. The Labute approximate surface area is 182 Å². The lowest BCUT2D eigenvalue weighted by Crippen LogP contribution is -2.30. The molecule has 0 saturated carbocycles. The molecular formula is C27H25NO3. The van der Waals surface area contributed by atoms with E-state index in [0.717, 1.165) is 27.8 Å². The van der Waals surface area contributed by atoms with Gasteiger partial charge in [-0.1, -0.05) is 54.6 Å². The summed E-state index contributed by atoms with van der Waals surface area (Å²) in [5.41, 5.74) is 6.05. The van der Waals surface area contributed by atoms with Crippen LogP contribution in [0, 0.1) is 27.7 Å². The van der Waals surface area contributed by atoms with Gasteiger partial charge in [0.25, 0.3) is 11.7 Å². The van der Waals surface area contributed by atoms with Crippen LogP contribution in [0.15, 0.2) is 72.3 Å². The minimum atomic E-state index is -0.705. The Balaban J connectivity index is 2.00.